The average molecular weight is 842 g/mol. The van der Waals surface area contributed by atoms with Crippen LogP contribution in [0.1, 0.15) is 91.2 Å². The number of methoxy groups -OCH3 is 1. The molecule has 3 aliphatic carbocycles. The molecule has 16 nitrogen and oxygen atoms in total. The summed E-state index contributed by atoms with van der Waals surface area (Å²) in [6.07, 6.45) is -0.191. The lowest BCUT2D eigenvalue weighted by Crippen LogP contribution is -2.60. The number of aromatic nitrogens is 2. The maximum absolute atomic E-state index is 14.8. The minimum atomic E-state index is -4.26. The first kappa shape index (κ1) is 40.8. The molecule has 59 heavy (non-hydrogen) atoms. The van der Waals surface area contributed by atoms with Crippen molar-refractivity contribution >= 4 is 50.6 Å². The van der Waals surface area contributed by atoms with Crippen LogP contribution in [-0.4, -0.2) is 107 Å². The number of carbonyl (C=O) groups excluding carboxylic acids is 4. The monoisotopic (exact) mass is 841 g/mol. The second-order valence-corrected chi connectivity index (χ2v) is 20.1. The summed E-state index contributed by atoms with van der Waals surface area (Å²) in [6, 6.07) is 2.44. The second-order valence-electron chi connectivity index (χ2n) is 17.9. The number of rotatable bonds is 6. The summed E-state index contributed by atoms with van der Waals surface area (Å²) < 4.78 is 72.9. The van der Waals surface area contributed by atoms with Gasteiger partial charge in [-0.3, -0.25) is 24.1 Å². The van der Waals surface area contributed by atoms with Crippen molar-refractivity contribution in [3.63, 3.8) is 0 Å². The number of benzene rings is 1. The third-order valence-corrected chi connectivity index (χ3v) is 14.7. The van der Waals surface area contributed by atoms with E-state index in [4.69, 9.17) is 24.2 Å². The summed E-state index contributed by atoms with van der Waals surface area (Å²) in [5.74, 6) is -2.20. The van der Waals surface area contributed by atoms with Crippen LogP contribution >= 0.6 is 0 Å². The van der Waals surface area contributed by atoms with Gasteiger partial charge in [-0.25, -0.2) is 23.2 Å². The highest BCUT2D eigenvalue weighted by Gasteiger charge is 2.63. The van der Waals surface area contributed by atoms with Crippen molar-refractivity contribution in [2.75, 3.05) is 13.7 Å². The molecule has 0 spiro atoms. The Kier molecular flexibility index (Phi) is 10.1. The minimum absolute atomic E-state index is 0.0600. The number of aliphatic imine (C=N–C) groups is 1. The second kappa shape index (κ2) is 14.7. The van der Waals surface area contributed by atoms with Crippen molar-refractivity contribution < 1.29 is 50.6 Å². The highest BCUT2D eigenvalue weighted by atomic mass is 32.2. The van der Waals surface area contributed by atoms with Crippen LogP contribution in [-0.2, 0) is 35.6 Å². The summed E-state index contributed by atoms with van der Waals surface area (Å²) in [5.41, 5.74) is -1.36. The van der Waals surface area contributed by atoms with Crippen molar-refractivity contribution in [2.24, 2.45) is 16.3 Å². The van der Waals surface area contributed by atoms with Crippen molar-refractivity contribution in [1.82, 2.24) is 30.2 Å². The molecular weight excluding hydrogens is 793 g/mol. The summed E-state index contributed by atoms with van der Waals surface area (Å²) in [7, 11) is -2.73. The van der Waals surface area contributed by atoms with Gasteiger partial charge in [0, 0.05) is 36.1 Å². The van der Waals surface area contributed by atoms with Gasteiger partial charge < -0.3 is 29.7 Å². The summed E-state index contributed by atoms with van der Waals surface area (Å²) in [4.78, 5) is 71.7. The molecule has 1 saturated heterocycles. The van der Waals surface area contributed by atoms with Crippen LogP contribution in [0.2, 0.25) is 0 Å². The molecule has 3 aliphatic heterocycles. The van der Waals surface area contributed by atoms with Gasteiger partial charge in [-0.2, -0.15) is 8.78 Å². The molecule has 318 valence electrons. The van der Waals surface area contributed by atoms with Crippen LogP contribution in [0.15, 0.2) is 34.8 Å². The van der Waals surface area contributed by atoms with E-state index in [2.05, 4.69) is 15.6 Å². The number of halogens is 2. The zero-order valence-electron chi connectivity index (χ0n) is 33.6. The molecule has 3 N–H and O–H groups in total. The third-order valence-electron chi connectivity index (χ3n) is 12.6. The molecule has 19 heteroatoms. The number of carbonyl (C=O) groups is 4. The molecular formula is C40H49F2N7O9S. The number of ether oxygens (including phenoxy) is 3. The molecule has 6 aliphatic rings. The van der Waals surface area contributed by atoms with Crippen molar-refractivity contribution in [2.45, 2.75) is 133 Å². The third kappa shape index (κ3) is 7.81. The standard InChI is InChI=1S/C40H49F2N7O9S/c1-38(2,3)31-35(51)49-19-22(17-28(49)33(50)47-40(18-23(40)32(41)42)36(52)48-59(54,55)39(4)13-14-39)57-34-25(43-24-12-11-21(56-5)16-26(24)45-34)10-8-6-7-9-20-15-27-29(44-27)30(20)58-37(53)46-31/h11-12,16,20,22,28-31H,6-10,13-15,17-19H2,1-5H3,(H,46,53)(H,47,50)(H,48,52)/t20-,22-,28+,29-,30+,31-,40-/m1/s1. The van der Waals surface area contributed by atoms with E-state index < -0.39 is 91.9 Å². The van der Waals surface area contributed by atoms with E-state index in [1.165, 1.54) is 18.9 Å². The fourth-order valence-electron chi connectivity index (χ4n) is 8.50. The van der Waals surface area contributed by atoms with Crippen LogP contribution in [0.4, 0.5) is 13.6 Å². The minimum Gasteiger partial charge on any atom is -0.497 e. The molecule has 3 saturated carbocycles. The molecule has 4 amide bonds. The van der Waals surface area contributed by atoms with Crippen LogP contribution < -0.4 is 24.8 Å². The Morgan fingerprint density at radius 1 is 1.07 bits per heavy atom. The van der Waals surface area contributed by atoms with E-state index >= 15 is 0 Å². The topological polar surface area (TPSA) is 208 Å². The predicted octanol–water partition coefficient (Wildman–Crippen LogP) is 3.86. The Labute approximate surface area is 340 Å². The lowest BCUT2D eigenvalue weighted by Gasteiger charge is -2.35. The Morgan fingerprint density at radius 3 is 2.51 bits per heavy atom. The Morgan fingerprint density at radius 2 is 1.83 bits per heavy atom. The number of alkyl carbamates (subject to hydrolysis) is 1. The molecule has 0 radical (unpaired) electrons. The Hall–Kier alpha value is -4.94. The number of nitrogens with one attached hydrogen (secondary N) is 3. The molecule has 7 atom stereocenters. The van der Waals surface area contributed by atoms with Gasteiger partial charge in [-0.1, -0.05) is 33.6 Å². The molecule has 8 rings (SSSR count). The zero-order valence-corrected chi connectivity index (χ0v) is 34.4. The summed E-state index contributed by atoms with van der Waals surface area (Å²) in [6.45, 7) is 6.44. The number of hydrogen-bond acceptors (Lipinski definition) is 12. The normalized spacial score (nSPS) is 30.2. The maximum Gasteiger partial charge on any atom is 0.408 e. The fourth-order valence-corrected chi connectivity index (χ4v) is 9.80. The molecule has 0 unspecified atom stereocenters. The van der Waals surface area contributed by atoms with Gasteiger partial charge in [0.25, 0.3) is 12.0 Å². The van der Waals surface area contributed by atoms with Crippen LogP contribution in [0, 0.1) is 11.3 Å². The number of nitrogens with zero attached hydrogens (tertiary/aromatic N) is 4. The smallest absolute Gasteiger partial charge is 0.408 e. The van der Waals surface area contributed by atoms with E-state index in [9.17, 15) is 36.4 Å². The van der Waals surface area contributed by atoms with E-state index in [0.717, 1.165) is 37.8 Å². The van der Waals surface area contributed by atoms with Crippen LogP contribution in [0.25, 0.3) is 11.0 Å². The SMILES string of the molecule is COc1ccc2nc3c(nc2c1)O[C@@H]1C[C@@H](C(=O)N[C@]2(C(=O)NS(=O)(=O)C4(C)CC4)CC2=C(F)F)N(C1)C(=O)[C@H](C(C)(C)C)NC(=O)O[C@H]1[C@H](CCCCC3)CC2=N[C@H]21. The van der Waals surface area contributed by atoms with E-state index in [-0.39, 0.29) is 43.6 Å². The van der Waals surface area contributed by atoms with Crippen LogP contribution in [0.3, 0.4) is 0 Å². The van der Waals surface area contributed by atoms with E-state index in [0.29, 0.717) is 28.9 Å². The van der Waals surface area contributed by atoms with Gasteiger partial charge in [0.1, 0.15) is 41.8 Å². The van der Waals surface area contributed by atoms with Crippen molar-refractivity contribution in [3.8, 4) is 11.6 Å². The highest BCUT2D eigenvalue weighted by Crippen LogP contribution is 2.48. The van der Waals surface area contributed by atoms with Gasteiger partial charge in [0.05, 0.1) is 29.4 Å². The molecule has 4 fully saturated rings. The largest absolute Gasteiger partial charge is 0.497 e. The van der Waals surface area contributed by atoms with Gasteiger partial charge in [-0.15, -0.1) is 0 Å². The van der Waals surface area contributed by atoms with Gasteiger partial charge in [-0.05, 0) is 63.0 Å². The molecule has 2 bridgehead atoms. The van der Waals surface area contributed by atoms with Crippen molar-refractivity contribution in [3.05, 3.63) is 35.5 Å². The number of fused-ring (bicyclic) bond motifs is 7. The number of aryl methyl sites for hydroxylation is 1. The van der Waals surface area contributed by atoms with E-state index in [1.807, 2.05) is 4.72 Å². The summed E-state index contributed by atoms with van der Waals surface area (Å²) >= 11 is 0. The van der Waals surface area contributed by atoms with Crippen LogP contribution in [0.5, 0.6) is 11.6 Å². The summed E-state index contributed by atoms with van der Waals surface area (Å²) in [5, 5.41) is 5.15. The number of sulfonamides is 1. The molecule has 4 heterocycles. The van der Waals surface area contributed by atoms with Gasteiger partial charge in [0.15, 0.2) is 5.54 Å². The molecule has 1 aromatic heterocycles. The Bertz CT molecular complexity index is 2290. The lowest BCUT2D eigenvalue weighted by molar-refractivity contribution is -0.142. The van der Waals surface area contributed by atoms with Crippen molar-refractivity contribution in [1.29, 1.82) is 0 Å². The molecule has 2 aromatic rings. The highest BCUT2D eigenvalue weighted by molar-refractivity contribution is 7.91. The van der Waals surface area contributed by atoms with Gasteiger partial charge >= 0.3 is 6.09 Å². The predicted molar refractivity (Wildman–Crippen MR) is 208 cm³/mol. The van der Waals surface area contributed by atoms with E-state index in [1.54, 1.807) is 39.0 Å². The molecule has 1 aromatic carbocycles. The lowest BCUT2D eigenvalue weighted by atomic mass is 9.85. The first-order valence-corrected chi connectivity index (χ1v) is 21.6. The number of amides is 4. The quantitative estimate of drug-likeness (QED) is 0.381. The first-order chi connectivity index (χ1) is 27.8. The van der Waals surface area contributed by atoms with Gasteiger partial charge in [0.2, 0.25) is 27.7 Å². The number of hydrogen-bond donors (Lipinski definition) is 3. The fraction of sp³-hybridized carbons (Fsp3) is 0.625. The maximum atomic E-state index is 14.8. The first-order valence-electron chi connectivity index (χ1n) is 20.1. The average Bonchev–Trinajstić information content (AvgIpc) is 4.13. The Balaban J connectivity index is 1.14. The zero-order chi connectivity index (χ0) is 42.2.